The van der Waals surface area contributed by atoms with E-state index in [-0.39, 0.29) is 0 Å². The molecule has 0 bridgehead atoms. The molecule has 2 aromatic rings. The zero-order valence-corrected chi connectivity index (χ0v) is 12.2. The van der Waals surface area contributed by atoms with Crippen LogP contribution < -0.4 is 4.74 Å². The molecule has 100 valence electrons. The molecular formula is C15H14BrFO2. The molecule has 0 amide bonds. The van der Waals surface area contributed by atoms with Crippen LogP contribution in [0.25, 0.3) is 0 Å². The summed E-state index contributed by atoms with van der Waals surface area (Å²) >= 11 is 3.38. The van der Waals surface area contributed by atoms with Crippen molar-refractivity contribution < 1.29 is 14.2 Å². The van der Waals surface area contributed by atoms with Crippen molar-refractivity contribution in [1.82, 2.24) is 0 Å². The minimum Gasteiger partial charge on any atom is -0.457 e. The van der Waals surface area contributed by atoms with Gasteiger partial charge in [0, 0.05) is 10.0 Å². The van der Waals surface area contributed by atoms with Crippen molar-refractivity contribution in [3.05, 3.63) is 57.8 Å². The lowest BCUT2D eigenvalue weighted by Crippen LogP contribution is -1.98. The van der Waals surface area contributed by atoms with Gasteiger partial charge >= 0.3 is 0 Å². The third-order valence-electron chi connectivity index (χ3n) is 2.78. The van der Waals surface area contributed by atoms with Gasteiger partial charge in [0.25, 0.3) is 0 Å². The van der Waals surface area contributed by atoms with Gasteiger partial charge in [-0.25, -0.2) is 4.39 Å². The van der Waals surface area contributed by atoms with Crippen molar-refractivity contribution in [2.45, 2.75) is 20.0 Å². The van der Waals surface area contributed by atoms with Crippen LogP contribution in [-0.2, 0) is 0 Å². The molecule has 2 aromatic carbocycles. The topological polar surface area (TPSA) is 29.5 Å². The van der Waals surface area contributed by atoms with Crippen molar-refractivity contribution in [3.63, 3.8) is 0 Å². The van der Waals surface area contributed by atoms with E-state index >= 15 is 0 Å². The Balaban J connectivity index is 2.38. The first-order valence-corrected chi connectivity index (χ1v) is 6.68. The summed E-state index contributed by atoms with van der Waals surface area (Å²) in [4.78, 5) is 0. The Morgan fingerprint density at radius 3 is 2.47 bits per heavy atom. The average molecular weight is 325 g/mol. The van der Waals surface area contributed by atoms with E-state index in [0.29, 0.717) is 17.1 Å². The van der Waals surface area contributed by atoms with Crippen molar-refractivity contribution >= 4 is 15.9 Å². The van der Waals surface area contributed by atoms with E-state index in [1.165, 1.54) is 18.2 Å². The number of aryl methyl sites for hydroxylation is 1. The number of ether oxygens (including phenoxy) is 1. The normalized spacial score (nSPS) is 12.3. The molecule has 0 saturated heterocycles. The van der Waals surface area contributed by atoms with Crippen LogP contribution in [-0.4, -0.2) is 5.11 Å². The van der Waals surface area contributed by atoms with E-state index in [2.05, 4.69) is 15.9 Å². The molecule has 0 aromatic heterocycles. The molecule has 0 aliphatic heterocycles. The fourth-order valence-electron chi connectivity index (χ4n) is 1.78. The highest BCUT2D eigenvalue weighted by atomic mass is 79.9. The minimum atomic E-state index is -0.790. The van der Waals surface area contributed by atoms with E-state index in [9.17, 15) is 9.50 Å². The van der Waals surface area contributed by atoms with Crippen LogP contribution in [0, 0.1) is 12.7 Å². The van der Waals surface area contributed by atoms with Crippen LogP contribution in [0.3, 0.4) is 0 Å². The fourth-order valence-corrected chi connectivity index (χ4v) is 2.26. The Morgan fingerprint density at radius 2 is 1.84 bits per heavy atom. The van der Waals surface area contributed by atoms with Crippen molar-refractivity contribution in [1.29, 1.82) is 0 Å². The number of halogens is 2. The molecule has 0 aliphatic rings. The first kappa shape index (κ1) is 14.0. The summed E-state index contributed by atoms with van der Waals surface area (Å²) in [6.07, 6.45) is -0.790. The molecule has 0 heterocycles. The van der Waals surface area contributed by atoms with E-state index in [1.54, 1.807) is 6.92 Å². The van der Waals surface area contributed by atoms with Crippen LogP contribution >= 0.6 is 15.9 Å². The predicted octanol–water partition coefficient (Wildman–Crippen LogP) is 4.74. The van der Waals surface area contributed by atoms with Gasteiger partial charge in [0.15, 0.2) is 0 Å². The second-order valence-electron chi connectivity index (χ2n) is 4.37. The molecule has 1 atom stereocenters. The number of aliphatic hydroxyl groups is 1. The summed E-state index contributed by atoms with van der Waals surface area (Å²) in [5.41, 5.74) is 1.39. The van der Waals surface area contributed by atoms with Gasteiger partial charge in [-0.1, -0.05) is 15.9 Å². The number of hydrogen-bond donors (Lipinski definition) is 1. The van der Waals surface area contributed by atoms with Crippen LogP contribution in [0.5, 0.6) is 11.5 Å². The quantitative estimate of drug-likeness (QED) is 0.883. The molecule has 0 radical (unpaired) electrons. The van der Waals surface area contributed by atoms with Gasteiger partial charge in [0.1, 0.15) is 17.3 Å². The van der Waals surface area contributed by atoms with Crippen molar-refractivity contribution in [3.8, 4) is 11.5 Å². The monoisotopic (exact) mass is 324 g/mol. The van der Waals surface area contributed by atoms with Gasteiger partial charge in [-0.2, -0.15) is 0 Å². The van der Waals surface area contributed by atoms with Gasteiger partial charge in [-0.05, 0) is 55.8 Å². The standard InChI is InChI=1S/C15H14BrFO2/c1-9-7-11(16)3-5-14(9)19-15-6-4-12(17)8-13(15)10(2)18/h3-8,10,18H,1-2H3/t10-/m0/s1. The number of rotatable bonds is 3. The molecule has 19 heavy (non-hydrogen) atoms. The molecule has 2 rings (SSSR count). The zero-order chi connectivity index (χ0) is 14.0. The van der Waals surface area contributed by atoms with Crippen molar-refractivity contribution in [2.24, 2.45) is 0 Å². The Morgan fingerprint density at radius 1 is 1.16 bits per heavy atom. The Kier molecular flexibility index (Phi) is 4.22. The lowest BCUT2D eigenvalue weighted by molar-refractivity contribution is 0.195. The maximum atomic E-state index is 13.2. The summed E-state index contributed by atoms with van der Waals surface area (Å²) in [6, 6.07) is 9.76. The molecule has 0 spiro atoms. The predicted molar refractivity (Wildman–Crippen MR) is 76.0 cm³/mol. The number of hydrogen-bond acceptors (Lipinski definition) is 2. The van der Waals surface area contributed by atoms with Crippen LogP contribution in [0.4, 0.5) is 4.39 Å². The summed E-state index contributed by atoms with van der Waals surface area (Å²) in [5.74, 6) is 0.745. The second-order valence-corrected chi connectivity index (χ2v) is 5.29. The largest absolute Gasteiger partial charge is 0.457 e. The lowest BCUT2D eigenvalue weighted by Gasteiger charge is -2.14. The second kappa shape index (κ2) is 5.72. The van der Waals surface area contributed by atoms with Gasteiger partial charge in [-0.3, -0.25) is 0 Å². The highest BCUT2D eigenvalue weighted by molar-refractivity contribution is 9.10. The summed E-state index contributed by atoms with van der Waals surface area (Å²) < 4.78 is 19.9. The Labute approximate surface area is 120 Å². The smallest absolute Gasteiger partial charge is 0.133 e. The number of aliphatic hydroxyl groups excluding tert-OH is 1. The van der Waals surface area contributed by atoms with E-state index in [4.69, 9.17) is 4.74 Å². The van der Waals surface area contributed by atoms with Crippen molar-refractivity contribution in [2.75, 3.05) is 0 Å². The maximum Gasteiger partial charge on any atom is 0.133 e. The summed E-state index contributed by atoms with van der Waals surface area (Å²) in [6.45, 7) is 3.50. The van der Waals surface area contributed by atoms with Gasteiger partial charge in [-0.15, -0.1) is 0 Å². The Bertz CT molecular complexity index is 597. The van der Waals surface area contributed by atoms with Gasteiger partial charge in [0.2, 0.25) is 0 Å². The van der Waals surface area contributed by atoms with Gasteiger partial charge < -0.3 is 9.84 Å². The first-order valence-electron chi connectivity index (χ1n) is 5.89. The van der Waals surface area contributed by atoms with Gasteiger partial charge in [0.05, 0.1) is 6.10 Å². The third kappa shape index (κ3) is 3.33. The highest BCUT2D eigenvalue weighted by Crippen LogP contribution is 2.32. The van der Waals surface area contributed by atoms with E-state index in [1.807, 2.05) is 25.1 Å². The molecule has 0 aliphatic carbocycles. The van der Waals surface area contributed by atoms with E-state index in [0.717, 1.165) is 10.0 Å². The average Bonchev–Trinajstić information content (AvgIpc) is 2.34. The molecule has 2 nitrogen and oxygen atoms in total. The van der Waals surface area contributed by atoms with Crippen LogP contribution in [0.15, 0.2) is 40.9 Å². The maximum absolute atomic E-state index is 13.2. The summed E-state index contributed by atoms with van der Waals surface area (Å²) in [5, 5.41) is 9.67. The lowest BCUT2D eigenvalue weighted by atomic mass is 10.1. The molecular weight excluding hydrogens is 311 g/mol. The third-order valence-corrected chi connectivity index (χ3v) is 3.27. The highest BCUT2D eigenvalue weighted by Gasteiger charge is 2.12. The number of benzene rings is 2. The first-order chi connectivity index (χ1) is 8.97. The van der Waals surface area contributed by atoms with E-state index < -0.39 is 11.9 Å². The molecule has 1 N–H and O–H groups in total. The SMILES string of the molecule is Cc1cc(Br)ccc1Oc1ccc(F)cc1[C@H](C)O. The van der Waals surface area contributed by atoms with Crippen LogP contribution in [0.1, 0.15) is 24.2 Å². The molecule has 4 heteroatoms. The fraction of sp³-hybridized carbons (Fsp3) is 0.200. The molecule has 0 fully saturated rings. The zero-order valence-electron chi connectivity index (χ0n) is 10.7. The Hall–Kier alpha value is -1.39. The molecule has 0 unspecified atom stereocenters. The minimum absolute atomic E-state index is 0.393. The summed E-state index contributed by atoms with van der Waals surface area (Å²) in [7, 11) is 0. The van der Waals surface area contributed by atoms with Crippen LogP contribution in [0.2, 0.25) is 0 Å². The molecule has 0 saturated carbocycles.